The number of halogens is 5. The fourth-order valence-corrected chi connectivity index (χ4v) is 12.4. The molecule has 0 atom stereocenters. The maximum atomic E-state index is 13.2. The SMILES string of the molecule is Cc1onc(-c2ccc(F)cc2)c1CO.Cc1onc(-c2ccc(F)cc2)c1COc1ccc(C#N)cn1.Cc1onc(-c2ccc(F)cc2)c1COc1ccc(C(=O)N2CCS(=O)(=O)CC2)cn1.Cc1onc(-c2ccc(F)cc2)c1COc1ccc(C(=O)O)cn1.N#Cc1ccc(Cl)nc1.O=S1(=O)CCNCC1.[Na+].[OH-]. The number of pyridine rings is 4. The molecule has 8 aromatic heterocycles. The topological polar surface area (TPSA) is 419 Å². The quantitative estimate of drug-likeness (QED) is 0.0460. The first-order valence-electron chi connectivity index (χ1n) is 33.1. The number of nitrogens with zero attached hydrogens (tertiary/aromatic N) is 11. The van der Waals surface area contributed by atoms with Gasteiger partial charge < -0.3 is 58.2 Å². The summed E-state index contributed by atoms with van der Waals surface area (Å²) in [6.45, 7) is 8.97. The molecule has 0 aliphatic carbocycles. The number of carboxylic acids is 1. The Balaban J connectivity index is 0.000000195. The minimum atomic E-state index is -3.06. The van der Waals surface area contributed by atoms with Gasteiger partial charge in [0.2, 0.25) is 17.6 Å². The van der Waals surface area contributed by atoms with Gasteiger partial charge in [0.1, 0.15) is 106 Å². The first kappa shape index (κ1) is 87.7. The minimum absolute atomic E-state index is 0. The van der Waals surface area contributed by atoms with E-state index in [0.29, 0.717) is 132 Å². The maximum absolute atomic E-state index is 13.2. The molecule has 2 aliphatic rings. The van der Waals surface area contributed by atoms with E-state index in [-0.39, 0.29) is 127 Å². The Bertz CT molecular complexity index is 5370. The van der Waals surface area contributed by atoms with E-state index in [4.69, 9.17) is 64.6 Å². The van der Waals surface area contributed by atoms with E-state index < -0.39 is 25.6 Å². The molecule has 0 bridgehead atoms. The van der Waals surface area contributed by atoms with Crippen LogP contribution in [0.25, 0.3) is 45.0 Å². The van der Waals surface area contributed by atoms with Gasteiger partial charge in [0.15, 0.2) is 19.7 Å². The number of carbonyl (C=O) groups is 2. The Hall–Kier alpha value is -11.6. The van der Waals surface area contributed by atoms with Crippen molar-refractivity contribution in [3.63, 3.8) is 0 Å². The van der Waals surface area contributed by atoms with E-state index in [1.807, 2.05) is 12.1 Å². The number of aryl methyl sites for hydroxylation is 4. The van der Waals surface area contributed by atoms with Crippen LogP contribution in [0.3, 0.4) is 0 Å². The van der Waals surface area contributed by atoms with Crippen LogP contribution in [-0.4, -0.2) is 139 Å². The van der Waals surface area contributed by atoms with Gasteiger partial charge in [0.05, 0.1) is 68.6 Å². The van der Waals surface area contributed by atoms with Crippen molar-refractivity contribution in [3.05, 3.63) is 266 Å². The van der Waals surface area contributed by atoms with Crippen LogP contribution in [0.1, 0.15) is 77.1 Å². The number of nitrogens with one attached hydrogen (secondary N) is 1. The van der Waals surface area contributed by atoms with Crippen LogP contribution in [0.5, 0.6) is 17.6 Å². The second kappa shape index (κ2) is 42.0. The summed E-state index contributed by atoms with van der Waals surface area (Å²) in [5, 5.41) is 54.3. The average molecular weight is 1600 g/mol. The van der Waals surface area contributed by atoms with Crippen molar-refractivity contribution in [3.8, 4) is 74.8 Å². The molecule has 36 heteroatoms. The number of ether oxygens (including phenoxy) is 3. The van der Waals surface area contributed by atoms with Gasteiger partial charge in [0.25, 0.3) is 5.91 Å². The molecule has 1 amide bonds. The molecule has 2 fully saturated rings. The zero-order chi connectivity index (χ0) is 78.9. The predicted molar refractivity (Wildman–Crippen MR) is 392 cm³/mol. The Labute approximate surface area is 666 Å². The molecule has 2 aliphatic heterocycles. The van der Waals surface area contributed by atoms with Crippen molar-refractivity contribution >= 4 is 43.2 Å². The van der Waals surface area contributed by atoms with Gasteiger partial charge in [-0.2, -0.15) is 10.5 Å². The van der Waals surface area contributed by atoms with E-state index in [0.717, 1.165) is 16.7 Å². The van der Waals surface area contributed by atoms with Crippen molar-refractivity contribution < 1.29 is 122 Å². The number of aromatic carboxylic acids is 1. The summed E-state index contributed by atoms with van der Waals surface area (Å²) in [7, 11) is -5.70. The molecule has 576 valence electrons. The fraction of sp³-hybridized carbons (Fsp3) is 0.211. The molecule has 14 rings (SSSR count). The van der Waals surface area contributed by atoms with Crippen LogP contribution < -0.4 is 49.1 Å². The molecule has 0 radical (unpaired) electrons. The summed E-state index contributed by atoms with van der Waals surface area (Å²) in [5.41, 5.74) is 9.45. The maximum Gasteiger partial charge on any atom is 1.00 e. The van der Waals surface area contributed by atoms with E-state index in [1.165, 1.54) is 90.4 Å². The zero-order valence-corrected chi connectivity index (χ0v) is 64.8. The third-order valence-electron chi connectivity index (χ3n) is 16.2. The van der Waals surface area contributed by atoms with Gasteiger partial charge in [-0.25, -0.2) is 59.1 Å². The van der Waals surface area contributed by atoms with Gasteiger partial charge in [-0.15, -0.1) is 0 Å². The number of carbonyl (C=O) groups excluding carboxylic acids is 1. The van der Waals surface area contributed by atoms with Gasteiger partial charge >= 0.3 is 35.5 Å². The largest absolute Gasteiger partial charge is 1.00 e. The molecule has 10 heterocycles. The standard InChI is InChI=1S/C21H20FN3O5S.C17H12FN3O2.C17H13FN2O4.C11H10FNO2.C6H3ClN2.C4H9NO2S.Na.H2O/c1-14-18(20(24-30-14)15-2-5-17(22)6-3-15)13-29-19-7-4-16(12-23-19)21(26)25-8-10-31(27,28)11-9-25;1-11-15(10-22-16-7-2-12(8-19)9-20-16)17(21-23-11)13-3-5-14(18)6-4-13;1-10-14(9-23-15-7-4-12(8-19-15)17(21)22)16(20-24-10)11-2-5-13(18)6-3-11;1-7-10(6-14)11(13-15-7)8-2-4-9(12)5-3-8;7-6-2-1-5(3-8)4-9-6;6-8(7)3-1-5-2-4-8;;/h2-7,12H,8-11,13H2,1H3;2-7,9H,10H2,1H3;2-8H,9H2,1H3,(H,21,22);2-5,14H,6H2,1H3;1-2,4H;5H,1-4H2;;1H2/q;;;;;;+1;/p-1. The molecule has 112 heavy (non-hydrogen) atoms. The third kappa shape index (κ3) is 25.5. The molecular formula is C76H68ClF4N12NaO16S2. The van der Waals surface area contributed by atoms with Gasteiger partial charge in [-0.1, -0.05) is 32.2 Å². The number of hydrogen-bond acceptors (Lipinski definition) is 26. The van der Waals surface area contributed by atoms with Crippen molar-refractivity contribution in [2.45, 2.75) is 54.1 Å². The number of rotatable bonds is 16. The van der Waals surface area contributed by atoms with Gasteiger partial charge in [-0.3, -0.25) is 4.79 Å². The van der Waals surface area contributed by atoms with Crippen molar-refractivity contribution in [2.75, 3.05) is 49.2 Å². The summed E-state index contributed by atoms with van der Waals surface area (Å²) in [6.07, 6.45) is 5.50. The summed E-state index contributed by atoms with van der Waals surface area (Å²) in [4.78, 5) is 40.7. The third-order valence-corrected chi connectivity index (χ3v) is 19.6. The number of nitriles is 2. The predicted octanol–water partition coefficient (Wildman–Crippen LogP) is 9.45. The number of benzene rings is 4. The van der Waals surface area contributed by atoms with Gasteiger partial charge in [-0.05, 0) is 155 Å². The number of aliphatic hydroxyl groups excluding tert-OH is 1. The number of hydrogen-bond donors (Lipinski definition) is 3. The van der Waals surface area contributed by atoms with E-state index in [1.54, 1.807) is 113 Å². The molecule has 12 aromatic rings. The molecule has 0 spiro atoms. The van der Waals surface area contributed by atoms with Crippen molar-refractivity contribution in [2.24, 2.45) is 0 Å². The summed E-state index contributed by atoms with van der Waals surface area (Å²) in [6, 6.07) is 40.2. The number of aliphatic hydroxyl groups is 1. The monoisotopic (exact) mass is 1600 g/mol. The number of aromatic nitrogens is 8. The zero-order valence-electron chi connectivity index (χ0n) is 60.4. The minimum Gasteiger partial charge on any atom is -0.870 e. The molecule has 2 saturated heterocycles. The Morgan fingerprint density at radius 1 is 0.482 bits per heavy atom. The van der Waals surface area contributed by atoms with E-state index >= 15 is 0 Å². The Kier molecular flexibility index (Phi) is 32.9. The fourth-order valence-electron chi connectivity index (χ4n) is 9.98. The second-order valence-electron chi connectivity index (χ2n) is 23.7. The van der Waals surface area contributed by atoms with Crippen LogP contribution >= 0.6 is 11.6 Å². The van der Waals surface area contributed by atoms with E-state index in [2.05, 4.69) is 45.9 Å². The van der Waals surface area contributed by atoms with Crippen LogP contribution in [0.15, 0.2) is 188 Å². The summed E-state index contributed by atoms with van der Waals surface area (Å²) < 4.78 is 134. The summed E-state index contributed by atoms with van der Waals surface area (Å²) in [5.74, 6) is 1.32. The van der Waals surface area contributed by atoms with Gasteiger partial charge in [0, 0.05) is 97.0 Å². The van der Waals surface area contributed by atoms with Crippen molar-refractivity contribution in [1.29, 1.82) is 10.5 Å². The second-order valence-corrected chi connectivity index (χ2v) is 28.7. The number of sulfone groups is 2. The summed E-state index contributed by atoms with van der Waals surface area (Å²) >= 11 is 5.45. The Morgan fingerprint density at radius 2 is 0.804 bits per heavy atom. The molecule has 4 N–H and O–H groups in total. The molecule has 0 unspecified atom stereocenters. The van der Waals surface area contributed by atoms with Crippen LogP contribution in [0, 0.1) is 73.6 Å². The number of amides is 1. The first-order valence-corrected chi connectivity index (χ1v) is 37.1. The smallest absolute Gasteiger partial charge is 0.870 e. The number of carboxylic acid groups (broad SMARTS) is 1. The van der Waals surface area contributed by atoms with E-state index in [9.17, 15) is 44.0 Å². The average Bonchev–Trinajstić information content (AvgIpc) is 1.45. The molecular weight excluding hydrogens is 1540 g/mol. The van der Waals surface area contributed by atoms with Crippen molar-refractivity contribution in [1.82, 2.24) is 50.8 Å². The van der Waals surface area contributed by atoms with Crippen LogP contribution in [-0.2, 0) is 46.1 Å². The normalized spacial score (nSPS) is 12.8. The first-order chi connectivity index (χ1) is 52.8. The molecule has 28 nitrogen and oxygen atoms in total. The molecule has 4 aromatic carbocycles. The Morgan fingerprint density at radius 3 is 1.10 bits per heavy atom. The van der Waals surface area contributed by atoms with Crippen LogP contribution in [0.4, 0.5) is 17.6 Å². The molecule has 0 saturated carbocycles. The van der Waals surface area contributed by atoms with Crippen LogP contribution in [0.2, 0.25) is 5.15 Å².